The molecule has 24 heavy (non-hydrogen) atoms. The average molecular weight is 329 g/mol. The largest absolute Gasteiger partial charge is 0.454 e. The van der Waals surface area contributed by atoms with Crippen LogP contribution in [0.15, 0.2) is 22.7 Å². The Morgan fingerprint density at radius 1 is 1.29 bits per heavy atom. The van der Waals surface area contributed by atoms with Crippen molar-refractivity contribution in [2.45, 2.75) is 18.9 Å². The molecule has 1 aromatic heterocycles. The normalized spacial score (nSPS) is 28.5. The molecular weight excluding hydrogens is 310 g/mol. The fourth-order valence-electron chi connectivity index (χ4n) is 4.06. The number of hydrogen-bond donors (Lipinski definition) is 0. The molecule has 0 aliphatic carbocycles. The Morgan fingerprint density at radius 3 is 3.08 bits per heavy atom. The predicted octanol–water partition coefficient (Wildman–Crippen LogP) is 1.51. The number of aromatic nitrogens is 2. The third-order valence-corrected chi connectivity index (χ3v) is 5.24. The van der Waals surface area contributed by atoms with Crippen LogP contribution in [0.3, 0.4) is 0 Å². The van der Waals surface area contributed by atoms with Crippen molar-refractivity contribution in [3.8, 4) is 11.5 Å². The van der Waals surface area contributed by atoms with E-state index in [4.69, 9.17) is 18.7 Å². The molecule has 0 amide bonds. The first kappa shape index (κ1) is 14.2. The molecule has 2 aromatic rings. The quantitative estimate of drug-likeness (QED) is 0.845. The van der Waals surface area contributed by atoms with E-state index in [9.17, 15) is 0 Å². The first-order chi connectivity index (χ1) is 11.7. The van der Waals surface area contributed by atoms with E-state index in [0.717, 1.165) is 43.6 Å². The first-order valence-corrected chi connectivity index (χ1v) is 8.22. The highest BCUT2D eigenvalue weighted by Gasteiger charge is 2.55. The minimum absolute atomic E-state index is 0.169. The molecule has 2 fully saturated rings. The summed E-state index contributed by atoms with van der Waals surface area (Å²) in [4.78, 5) is 6.93. The number of aryl methyl sites for hydroxylation is 1. The Labute approximate surface area is 139 Å². The number of likely N-dealkylation sites (tertiary alicyclic amines) is 1. The van der Waals surface area contributed by atoms with Crippen molar-refractivity contribution >= 4 is 0 Å². The van der Waals surface area contributed by atoms with Gasteiger partial charge in [0.1, 0.15) is 0 Å². The number of hydrogen-bond acceptors (Lipinski definition) is 7. The molecule has 126 valence electrons. The molecule has 3 aliphatic rings. The van der Waals surface area contributed by atoms with Gasteiger partial charge < -0.3 is 18.7 Å². The van der Waals surface area contributed by atoms with Crippen LogP contribution in [0, 0.1) is 12.8 Å². The summed E-state index contributed by atoms with van der Waals surface area (Å²) in [7, 11) is 0. The predicted molar refractivity (Wildman–Crippen MR) is 82.9 cm³/mol. The maximum absolute atomic E-state index is 5.75. The van der Waals surface area contributed by atoms with Gasteiger partial charge in [-0.3, -0.25) is 4.90 Å². The lowest BCUT2D eigenvalue weighted by molar-refractivity contribution is 0.137. The van der Waals surface area contributed by atoms with Gasteiger partial charge >= 0.3 is 0 Å². The molecule has 0 bridgehead atoms. The average Bonchev–Trinajstić information content (AvgIpc) is 3.29. The minimum Gasteiger partial charge on any atom is -0.454 e. The summed E-state index contributed by atoms with van der Waals surface area (Å²) in [5.74, 6) is 3.45. The highest BCUT2D eigenvalue weighted by molar-refractivity contribution is 5.44. The van der Waals surface area contributed by atoms with E-state index in [0.29, 0.717) is 25.1 Å². The number of rotatable bonds is 3. The lowest BCUT2D eigenvalue weighted by Gasteiger charge is -2.22. The number of ether oxygens (including phenoxy) is 3. The van der Waals surface area contributed by atoms with Crippen molar-refractivity contribution in [3.05, 3.63) is 35.5 Å². The van der Waals surface area contributed by atoms with E-state index in [2.05, 4.69) is 27.2 Å². The van der Waals surface area contributed by atoms with E-state index in [-0.39, 0.29) is 5.41 Å². The monoisotopic (exact) mass is 329 g/mol. The summed E-state index contributed by atoms with van der Waals surface area (Å²) in [5.41, 5.74) is 1.05. The summed E-state index contributed by atoms with van der Waals surface area (Å²) in [5, 5.41) is 3.97. The Kier molecular flexibility index (Phi) is 3.08. The summed E-state index contributed by atoms with van der Waals surface area (Å²) in [6.45, 7) is 6.26. The van der Waals surface area contributed by atoms with Crippen LogP contribution in [-0.4, -0.2) is 48.1 Å². The van der Waals surface area contributed by atoms with Crippen molar-refractivity contribution in [1.29, 1.82) is 0 Å². The topological polar surface area (TPSA) is 69.9 Å². The first-order valence-electron chi connectivity index (χ1n) is 8.22. The van der Waals surface area contributed by atoms with Gasteiger partial charge in [0, 0.05) is 25.6 Å². The van der Waals surface area contributed by atoms with Crippen LogP contribution in [0.25, 0.3) is 0 Å². The summed E-state index contributed by atoms with van der Waals surface area (Å²) in [6, 6.07) is 6.15. The lowest BCUT2D eigenvalue weighted by atomic mass is 9.81. The number of fused-ring (bicyclic) bond motifs is 2. The fraction of sp³-hybridized carbons (Fsp3) is 0.529. The van der Waals surface area contributed by atoms with E-state index in [1.165, 1.54) is 5.56 Å². The molecule has 0 unspecified atom stereocenters. The van der Waals surface area contributed by atoms with Gasteiger partial charge in [0.25, 0.3) is 0 Å². The molecule has 7 nitrogen and oxygen atoms in total. The van der Waals surface area contributed by atoms with Crippen molar-refractivity contribution < 1.29 is 18.7 Å². The molecule has 2 atom stereocenters. The molecule has 0 saturated carbocycles. The summed E-state index contributed by atoms with van der Waals surface area (Å²) in [6.07, 6.45) is 0. The maximum Gasteiger partial charge on any atom is 0.236 e. The molecule has 7 heteroatoms. The van der Waals surface area contributed by atoms with Crippen molar-refractivity contribution in [3.63, 3.8) is 0 Å². The van der Waals surface area contributed by atoms with Gasteiger partial charge in [-0.25, -0.2) is 0 Å². The molecular formula is C17H19N3O4. The number of nitrogens with zero attached hydrogens (tertiary/aromatic N) is 3. The van der Waals surface area contributed by atoms with E-state index in [1.807, 2.05) is 13.0 Å². The van der Waals surface area contributed by atoms with Gasteiger partial charge in [-0.05, 0) is 24.6 Å². The van der Waals surface area contributed by atoms with E-state index >= 15 is 0 Å². The van der Waals surface area contributed by atoms with Crippen molar-refractivity contribution in [1.82, 2.24) is 15.0 Å². The van der Waals surface area contributed by atoms with Crippen LogP contribution < -0.4 is 9.47 Å². The third kappa shape index (κ3) is 2.12. The van der Waals surface area contributed by atoms with E-state index < -0.39 is 0 Å². The number of benzene rings is 1. The van der Waals surface area contributed by atoms with Gasteiger partial charge in [0.05, 0.1) is 18.6 Å². The van der Waals surface area contributed by atoms with Crippen molar-refractivity contribution in [2.75, 3.05) is 33.1 Å². The zero-order valence-corrected chi connectivity index (χ0v) is 13.5. The van der Waals surface area contributed by atoms with Crippen LogP contribution in [0.1, 0.15) is 17.3 Å². The molecule has 1 aromatic carbocycles. The standard InChI is InChI=1S/C17H19N3O4/c1-11-18-16(24-19-11)17-8-20(6-13(17)7-21-9-17)5-12-2-3-14-15(4-12)23-10-22-14/h2-4,13H,5-10H2,1H3/t13-,17-/m1/s1. The lowest BCUT2D eigenvalue weighted by Crippen LogP contribution is -2.35. The van der Waals surface area contributed by atoms with Crippen LogP contribution in [0.2, 0.25) is 0 Å². The van der Waals surface area contributed by atoms with Crippen LogP contribution >= 0.6 is 0 Å². The molecule has 5 rings (SSSR count). The molecule has 0 N–H and O–H groups in total. The fourth-order valence-corrected chi connectivity index (χ4v) is 4.06. The zero-order chi connectivity index (χ0) is 16.1. The van der Waals surface area contributed by atoms with Crippen LogP contribution in [-0.2, 0) is 16.7 Å². The van der Waals surface area contributed by atoms with Gasteiger partial charge in [0.2, 0.25) is 12.7 Å². The summed E-state index contributed by atoms with van der Waals surface area (Å²) < 4.78 is 22.1. The molecule has 3 aliphatic heterocycles. The SMILES string of the molecule is Cc1noc([C@]23COC[C@H]2CN(Cc2ccc4c(c2)OCO4)C3)n1. The molecule has 0 spiro atoms. The highest BCUT2D eigenvalue weighted by atomic mass is 16.7. The van der Waals surface area contributed by atoms with Crippen LogP contribution in [0.5, 0.6) is 11.5 Å². The van der Waals surface area contributed by atoms with Gasteiger partial charge in [0.15, 0.2) is 17.3 Å². The highest BCUT2D eigenvalue weighted by Crippen LogP contribution is 2.43. The Morgan fingerprint density at radius 2 is 2.21 bits per heavy atom. The summed E-state index contributed by atoms with van der Waals surface area (Å²) >= 11 is 0. The second-order valence-corrected chi connectivity index (χ2v) is 6.87. The Hall–Kier alpha value is -2.12. The van der Waals surface area contributed by atoms with Gasteiger partial charge in [-0.1, -0.05) is 11.2 Å². The van der Waals surface area contributed by atoms with Crippen LogP contribution in [0.4, 0.5) is 0 Å². The second kappa shape index (κ2) is 5.19. The molecule has 0 radical (unpaired) electrons. The Balaban J connectivity index is 1.38. The van der Waals surface area contributed by atoms with Crippen molar-refractivity contribution in [2.24, 2.45) is 5.92 Å². The van der Waals surface area contributed by atoms with Gasteiger partial charge in [-0.15, -0.1) is 0 Å². The third-order valence-electron chi connectivity index (χ3n) is 5.24. The minimum atomic E-state index is -0.169. The van der Waals surface area contributed by atoms with Gasteiger partial charge in [-0.2, -0.15) is 4.98 Å². The maximum atomic E-state index is 5.75. The smallest absolute Gasteiger partial charge is 0.236 e. The molecule has 4 heterocycles. The molecule has 2 saturated heterocycles. The second-order valence-electron chi connectivity index (χ2n) is 6.87. The Bertz CT molecular complexity index is 777. The van der Waals surface area contributed by atoms with E-state index in [1.54, 1.807) is 0 Å². The zero-order valence-electron chi connectivity index (χ0n) is 13.5.